The highest BCUT2D eigenvalue weighted by molar-refractivity contribution is 6.31. The van der Waals surface area contributed by atoms with Crippen molar-refractivity contribution in [3.63, 3.8) is 0 Å². The number of aromatic nitrogens is 2. The highest BCUT2D eigenvalue weighted by atomic mass is 35.5. The van der Waals surface area contributed by atoms with E-state index in [4.69, 9.17) is 16.1 Å². The number of carbonyl (C=O) groups excluding carboxylic acids is 1. The molecule has 0 bridgehead atoms. The molecular formula is C22H29ClN4O2. The Morgan fingerprint density at radius 1 is 1.31 bits per heavy atom. The van der Waals surface area contributed by atoms with Gasteiger partial charge in [-0.05, 0) is 43.4 Å². The zero-order valence-corrected chi connectivity index (χ0v) is 18.2. The average molecular weight is 417 g/mol. The maximum absolute atomic E-state index is 12.8. The molecule has 1 atom stereocenters. The second-order valence-corrected chi connectivity index (χ2v) is 9.34. The van der Waals surface area contributed by atoms with Crippen molar-refractivity contribution in [3.05, 3.63) is 46.6 Å². The molecule has 2 saturated heterocycles. The molecule has 1 aromatic heterocycles. The summed E-state index contributed by atoms with van der Waals surface area (Å²) >= 11 is 6.22. The Kier molecular flexibility index (Phi) is 5.67. The quantitative estimate of drug-likeness (QED) is 0.751. The lowest BCUT2D eigenvalue weighted by molar-refractivity contribution is -0.132. The SMILES string of the molecule is CC(C)c1nc(C2CC3(CCN(C(=O)Cc4ccccc4Cl)CC3)CN2C)no1. The maximum Gasteiger partial charge on any atom is 0.229 e. The molecule has 0 radical (unpaired) electrons. The second-order valence-electron chi connectivity index (χ2n) is 8.93. The zero-order chi connectivity index (χ0) is 20.6. The van der Waals surface area contributed by atoms with Crippen LogP contribution in [0.4, 0.5) is 0 Å². The number of carbonyl (C=O) groups is 1. The summed E-state index contributed by atoms with van der Waals surface area (Å²) < 4.78 is 5.43. The maximum atomic E-state index is 12.8. The summed E-state index contributed by atoms with van der Waals surface area (Å²) in [6.45, 7) is 6.73. The van der Waals surface area contributed by atoms with E-state index in [2.05, 4.69) is 35.9 Å². The van der Waals surface area contributed by atoms with Crippen LogP contribution in [-0.2, 0) is 11.2 Å². The molecule has 1 unspecified atom stereocenters. The number of likely N-dealkylation sites (tertiary alicyclic amines) is 2. The lowest BCUT2D eigenvalue weighted by Gasteiger charge is -2.39. The number of piperidine rings is 1. The lowest BCUT2D eigenvalue weighted by Crippen LogP contribution is -2.44. The number of hydrogen-bond donors (Lipinski definition) is 0. The predicted molar refractivity (Wildman–Crippen MR) is 112 cm³/mol. The van der Waals surface area contributed by atoms with E-state index in [1.165, 1.54) is 0 Å². The minimum absolute atomic E-state index is 0.163. The standard InChI is InChI=1S/C22H29ClN4O2/c1-15(2)21-24-20(25-29-21)18-13-22(14-26(18)3)8-10-27(11-9-22)19(28)12-16-6-4-5-7-17(16)23/h4-7,15,18H,8-14H2,1-3H3. The Balaban J connectivity index is 1.37. The van der Waals surface area contributed by atoms with Gasteiger partial charge in [0, 0.05) is 30.6 Å². The van der Waals surface area contributed by atoms with Crippen molar-refractivity contribution in [2.75, 3.05) is 26.7 Å². The second kappa shape index (κ2) is 8.07. The smallest absolute Gasteiger partial charge is 0.229 e. The summed E-state index contributed by atoms with van der Waals surface area (Å²) in [5.41, 5.74) is 1.12. The number of hydrogen-bond acceptors (Lipinski definition) is 5. The summed E-state index contributed by atoms with van der Waals surface area (Å²) in [4.78, 5) is 21.7. The van der Waals surface area contributed by atoms with Crippen LogP contribution in [-0.4, -0.2) is 52.5 Å². The first-order valence-electron chi connectivity index (χ1n) is 10.4. The third-order valence-electron chi connectivity index (χ3n) is 6.47. The number of nitrogens with zero attached hydrogens (tertiary/aromatic N) is 4. The third-order valence-corrected chi connectivity index (χ3v) is 6.84. The van der Waals surface area contributed by atoms with Crippen LogP contribution in [0.2, 0.25) is 5.02 Å². The Hall–Kier alpha value is -1.92. The van der Waals surface area contributed by atoms with Gasteiger partial charge in [-0.3, -0.25) is 9.69 Å². The van der Waals surface area contributed by atoms with Crippen molar-refractivity contribution < 1.29 is 9.32 Å². The van der Waals surface area contributed by atoms with Crippen LogP contribution in [0.25, 0.3) is 0 Å². The van der Waals surface area contributed by atoms with Gasteiger partial charge in [0.25, 0.3) is 0 Å². The number of halogens is 1. The fourth-order valence-corrected chi connectivity index (χ4v) is 4.89. The molecule has 3 heterocycles. The van der Waals surface area contributed by atoms with Crippen LogP contribution in [0.15, 0.2) is 28.8 Å². The molecule has 1 spiro atoms. The van der Waals surface area contributed by atoms with Gasteiger partial charge in [0.15, 0.2) is 5.82 Å². The minimum Gasteiger partial charge on any atom is -0.342 e. The topological polar surface area (TPSA) is 62.5 Å². The van der Waals surface area contributed by atoms with Crippen LogP contribution in [0, 0.1) is 5.41 Å². The molecule has 1 amide bonds. The van der Waals surface area contributed by atoms with E-state index >= 15 is 0 Å². The van der Waals surface area contributed by atoms with E-state index in [0.29, 0.717) is 17.3 Å². The molecule has 2 aliphatic rings. The first kappa shape index (κ1) is 20.4. The normalized spacial score (nSPS) is 22.0. The molecule has 156 valence electrons. The molecular weight excluding hydrogens is 388 g/mol. The first-order valence-corrected chi connectivity index (χ1v) is 10.8. The monoisotopic (exact) mass is 416 g/mol. The molecule has 1 aromatic carbocycles. The number of benzene rings is 1. The summed E-state index contributed by atoms with van der Waals surface area (Å²) in [5.74, 6) is 1.90. The van der Waals surface area contributed by atoms with Gasteiger partial charge >= 0.3 is 0 Å². The van der Waals surface area contributed by atoms with Crippen LogP contribution >= 0.6 is 11.6 Å². The molecule has 0 aliphatic carbocycles. The Labute approximate surface area is 177 Å². The van der Waals surface area contributed by atoms with Crippen molar-refractivity contribution in [1.82, 2.24) is 19.9 Å². The molecule has 2 aromatic rings. The van der Waals surface area contributed by atoms with E-state index in [9.17, 15) is 4.79 Å². The Morgan fingerprint density at radius 2 is 2.03 bits per heavy atom. The van der Waals surface area contributed by atoms with Crippen molar-refractivity contribution in [3.8, 4) is 0 Å². The van der Waals surface area contributed by atoms with Gasteiger partial charge in [0.2, 0.25) is 11.8 Å². The summed E-state index contributed by atoms with van der Waals surface area (Å²) in [6.07, 6.45) is 3.41. The number of rotatable bonds is 4. The van der Waals surface area contributed by atoms with Gasteiger partial charge < -0.3 is 9.42 Å². The highest BCUT2D eigenvalue weighted by Crippen LogP contribution is 2.47. The van der Waals surface area contributed by atoms with Crippen molar-refractivity contribution in [1.29, 1.82) is 0 Å². The van der Waals surface area contributed by atoms with Crippen LogP contribution in [0.5, 0.6) is 0 Å². The molecule has 2 fully saturated rings. The Bertz CT molecular complexity index is 873. The predicted octanol–water partition coefficient (Wildman–Crippen LogP) is 4.07. The number of amides is 1. The molecule has 6 nitrogen and oxygen atoms in total. The van der Waals surface area contributed by atoms with Gasteiger partial charge in [-0.25, -0.2) is 0 Å². The van der Waals surface area contributed by atoms with E-state index in [1.807, 2.05) is 29.2 Å². The fraction of sp³-hybridized carbons (Fsp3) is 0.591. The minimum atomic E-state index is 0.163. The van der Waals surface area contributed by atoms with Crippen LogP contribution in [0.1, 0.15) is 62.3 Å². The van der Waals surface area contributed by atoms with Gasteiger partial charge in [0.1, 0.15) is 0 Å². The van der Waals surface area contributed by atoms with Crippen molar-refractivity contribution in [2.24, 2.45) is 5.41 Å². The molecule has 2 aliphatic heterocycles. The fourth-order valence-electron chi connectivity index (χ4n) is 4.68. The molecule has 0 saturated carbocycles. The van der Waals surface area contributed by atoms with Gasteiger partial charge in [-0.1, -0.05) is 48.8 Å². The summed E-state index contributed by atoms with van der Waals surface area (Å²) in [5, 5.41) is 4.90. The van der Waals surface area contributed by atoms with Crippen LogP contribution < -0.4 is 0 Å². The van der Waals surface area contributed by atoms with Crippen LogP contribution in [0.3, 0.4) is 0 Å². The van der Waals surface area contributed by atoms with E-state index in [1.54, 1.807) is 0 Å². The van der Waals surface area contributed by atoms with Crippen molar-refractivity contribution >= 4 is 17.5 Å². The van der Waals surface area contributed by atoms with E-state index < -0.39 is 0 Å². The zero-order valence-electron chi connectivity index (χ0n) is 17.4. The molecule has 0 N–H and O–H groups in total. The highest BCUT2D eigenvalue weighted by Gasteiger charge is 2.46. The molecule has 29 heavy (non-hydrogen) atoms. The average Bonchev–Trinajstić information content (AvgIpc) is 3.29. The first-order chi connectivity index (χ1) is 13.9. The van der Waals surface area contributed by atoms with Crippen molar-refractivity contribution in [2.45, 2.75) is 51.5 Å². The summed E-state index contributed by atoms with van der Waals surface area (Å²) in [7, 11) is 2.14. The van der Waals surface area contributed by atoms with E-state index in [-0.39, 0.29) is 23.3 Å². The largest absolute Gasteiger partial charge is 0.342 e. The summed E-state index contributed by atoms with van der Waals surface area (Å²) in [6, 6.07) is 7.78. The van der Waals surface area contributed by atoms with Gasteiger partial charge in [-0.2, -0.15) is 4.98 Å². The lowest BCUT2D eigenvalue weighted by atomic mass is 9.76. The third kappa shape index (κ3) is 4.19. The van der Waals surface area contributed by atoms with Gasteiger partial charge in [-0.15, -0.1) is 0 Å². The molecule has 7 heteroatoms. The van der Waals surface area contributed by atoms with Gasteiger partial charge in [0.05, 0.1) is 12.5 Å². The molecule has 4 rings (SSSR count). The van der Waals surface area contributed by atoms with E-state index in [0.717, 1.165) is 50.3 Å². The Morgan fingerprint density at radius 3 is 2.69 bits per heavy atom.